The van der Waals surface area contributed by atoms with Gasteiger partial charge in [0.1, 0.15) is 8.07 Å². The minimum atomic E-state index is -2.14. The van der Waals surface area contributed by atoms with Crippen molar-refractivity contribution in [3.8, 4) is 50.6 Å². The van der Waals surface area contributed by atoms with Crippen molar-refractivity contribution < 1.29 is 0 Å². The summed E-state index contributed by atoms with van der Waals surface area (Å²) in [6.07, 6.45) is 0. The van der Waals surface area contributed by atoms with Crippen molar-refractivity contribution >= 4 is 71.9 Å². The van der Waals surface area contributed by atoms with Crippen LogP contribution in [0.3, 0.4) is 0 Å². The van der Waals surface area contributed by atoms with E-state index in [1.807, 2.05) is 11.3 Å². The molecule has 250 valence electrons. The monoisotopic (exact) mass is 711 g/mol. The molecule has 1 aliphatic rings. The number of hydrogen-bond donors (Lipinski definition) is 0. The summed E-state index contributed by atoms with van der Waals surface area (Å²) in [5.41, 5.74) is 11.6. The molecule has 0 unspecified atom stereocenters. The lowest BCUT2D eigenvalue weighted by atomic mass is 9.99. The third kappa shape index (κ3) is 4.51. The summed E-state index contributed by atoms with van der Waals surface area (Å²) in [5, 5.41) is 7.63. The molecule has 7 aromatic carbocycles. The average molecular weight is 712 g/mol. The Morgan fingerprint density at radius 3 is 1.96 bits per heavy atom. The van der Waals surface area contributed by atoms with E-state index in [9.17, 15) is 0 Å². The van der Waals surface area contributed by atoms with Crippen LogP contribution in [0.1, 0.15) is 0 Å². The van der Waals surface area contributed by atoms with Crippen LogP contribution in [-0.4, -0.2) is 22.6 Å². The number of rotatable bonds is 4. The second kappa shape index (κ2) is 11.4. The molecule has 0 N–H and O–H groups in total. The molecule has 11 rings (SSSR count). The summed E-state index contributed by atoms with van der Waals surface area (Å²) < 4.78 is 4.96. The first kappa shape index (κ1) is 30.5. The number of hydrogen-bond acceptors (Lipinski definition) is 3. The highest BCUT2D eigenvalue weighted by molar-refractivity contribution is 7.26. The topological polar surface area (TPSA) is 30.7 Å². The average Bonchev–Trinajstić information content (AvgIpc) is 3.83. The quantitative estimate of drug-likeness (QED) is 0.170. The van der Waals surface area contributed by atoms with E-state index in [0.717, 1.165) is 22.8 Å². The van der Waals surface area contributed by atoms with Gasteiger partial charge in [0, 0.05) is 58.6 Å². The zero-order chi connectivity index (χ0) is 35.3. The first-order chi connectivity index (χ1) is 26.0. The van der Waals surface area contributed by atoms with E-state index in [4.69, 9.17) is 9.97 Å². The third-order valence-corrected chi connectivity index (χ3v) is 15.7. The van der Waals surface area contributed by atoms with E-state index in [-0.39, 0.29) is 0 Å². The molecule has 0 aliphatic carbocycles. The van der Waals surface area contributed by atoms with Crippen molar-refractivity contribution in [1.82, 2.24) is 14.5 Å². The van der Waals surface area contributed by atoms with Gasteiger partial charge in [-0.2, -0.15) is 0 Å². The van der Waals surface area contributed by atoms with E-state index in [1.54, 1.807) is 0 Å². The molecule has 1 aliphatic heterocycles. The first-order valence-corrected chi connectivity index (χ1v) is 22.0. The summed E-state index contributed by atoms with van der Waals surface area (Å²) in [6.45, 7) is 4.89. The number of para-hydroxylation sites is 1. The van der Waals surface area contributed by atoms with Crippen LogP contribution in [0.15, 0.2) is 164 Å². The van der Waals surface area contributed by atoms with Crippen molar-refractivity contribution in [3.63, 3.8) is 0 Å². The summed E-state index contributed by atoms with van der Waals surface area (Å²) in [7, 11) is -2.14. The molecule has 0 atom stereocenters. The summed E-state index contributed by atoms with van der Waals surface area (Å²) in [5.74, 6) is 0.784. The first-order valence-electron chi connectivity index (χ1n) is 18.2. The number of benzene rings is 7. The molecule has 4 heterocycles. The molecule has 0 radical (unpaired) electrons. The highest BCUT2D eigenvalue weighted by Gasteiger charge is 2.41. The van der Waals surface area contributed by atoms with Crippen molar-refractivity contribution in [1.29, 1.82) is 0 Å². The third-order valence-electron chi connectivity index (χ3n) is 11.2. The van der Waals surface area contributed by atoms with Gasteiger partial charge >= 0.3 is 0 Å². The van der Waals surface area contributed by atoms with Gasteiger partial charge in [0.05, 0.1) is 16.7 Å². The van der Waals surface area contributed by atoms with Gasteiger partial charge in [0.2, 0.25) is 0 Å². The summed E-state index contributed by atoms with van der Waals surface area (Å²) in [6, 6.07) is 59.4. The van der Waals surface area contributed by atoms with Gasteiger partial charge in [-0.25, -0.2) is 9.97 Å². The molecular formula is C48H33N3SSi. The maximum atomic E-state index is 5.60. The predicted molar refractivity (Wildman–Crippen MR) is 228 cm³/mol. The molecule has 3 aromatic heterocycles. The Morgan fingerprint density at radius 2 is 1.15 bits per heavy atom. The van der Waals surface area contributed by atoms with Gasteiger partial charge in [-0.05, 0) is 70.4 Å². The lowest BCUT2D eigenvalue weighted by Crippen LogP contribution is -2.50. The molecule has 53 heavy (non-hydrogen) atoms. The standard InChI is InChI=1S/C48H33N3SSi/c1-53(2)43-23-12-10-19-36(43)44-45(37-21-13-20-35-34-18-9-11-22-42(34)52-46(35)37)49-47(50-48(44)53)32-25-27-41-39(29-32)38-28-31(30-14-5-3-6-15-30)24-26-40(38)51(41)33-16-7-4-8-17-33/h3-29H,1-2H3. The van der Waals surface area contributed by atoms with E-state index in [1.165, 1.54) is 80.3 Å². The SMILES string of the molecule is C[Si]1(C)c2ccccc2-c2c(-c3cccc4c3sc3ccccc34)nc(-c3ccc4c(c3)c3cc(-c5ccccc5)ccc3n4-c3ccccc3)nc21. The van der Waals surface area contributed by atoms with Gasteiger partial charge in [0.15, 0.2) is 5.82 Å². The van der Waals surface area contributed by atoms with Crippen LogP contribution in [0.25, 0.3) is 92.6 Å². The lowest BCUT2D eigenvalue weighted by molar-refractivity contribution is 1.18. The Bertz CT molecular complexity index is 3090. The van der Waals surface area contributed by atoms with E-state index in [0.29, 0.717) is 0 Å². The number of fused-ring (bicyclic) bond motifs is 9. The maximum Gasteiger partial charge on any atom is 0.159 e. The lowest BCUT2D eigenvalue weighted by Gasteiger charge is -2.19. The van der Waals surface area contributed by atoms with Gasteiger partial charge in [-0.1, -0.05) is 128 Å². The van der Waals surface area contributed by atoms with Gasteiger partial charge in [-0.3, -0.25) is 0 Å². The predicted octanol–water partition coefficient (Wildman–Crippen LogP) is 11.7. The Labute approximate surface area is 312 Å². The van der Waals surface area contributed by atoms with Crippen LogP contribution in [-0.2, 0) is 0 Å². The fourth-order valence-electron chi connectivity index (χ4n) is 8.63. The Kier molecular flexibility index (Phi) is 6.57. The molecule has 3 nitrogen and oxygen atoms in total. The van der Waals surface area contributed by atoms with Crippen LogP contribution in [0.4, 0.5) is 0 Å². The summed E-state index contributed by atoms with van der Waals surface area (Å²) in [4.78, 5) is 11.2. The smallest absolute Gasteiger partial charge is 0.159 e. The Balaban J connectivity index is 1.20. The molecule has 0 amide bonds. The van der Waals surface area contributed by atoms with Crippen LogP contribution in [0.2, 0.25) is 13.1 Å². The maximum absolute atomic E-state index is 5.60. The minimum Gasteiger partial charge on any atom is -0.309 e. The largest absolute Gasteiger partial charge is 0.309 e. The second-order valence-corrected chi connectivity index (χ2v) is 19.9. The zero-order valence-corrected chi connectivity index (χ0v) is 31.2. The molecule has 0 fully saturated rings. The van der Waals surface area contributed by atoms with Crippen molar-refractivity contribution in [3.05, 3.63) is 164 Å². The van der Waals surface area contributed by atoms with Crippen LogP contribution in [0.5, 0.6) is 0 Å². The highest BCUT2D eigenvalue weighted by Crippen LogP contribution is 2.44. The Hall–Kier alpha value is -6.14. The van der Waals surface area contributed by atoms with Crippen LogP contribution < -0.4 is 10.5 Å². The van der Waals surface area contributed by atoms with E-state index >= 15 is 0 Å². The van der Waals surface area contributed by atoms with Crippen LogP contribution >= 0.6 is 11.3 Å². The zero-order valence-electron chi connectivity index (χ0n) is 29.3. The van der Waals surface area contributed by atoms with Gasteiger partial charge in [-0.15, -0.1) is 11.3 Å². The molecule has 0 saturated carbocycles. The molecule has 5 heteroatoms. The van der Waals surface area contributed by atoms with Crippen LogP contribution in [0, 0.1) is 0 Å². The normalized spacial score (nSPS) is 13.2. The highest BCUT2D eigenvalue weighted by atomic mass is 32.1. The number of thiophene rings is 1. The second-order valence-electron chi connectivity index (χ2n) is 14.6. The van der Waals surface area contributed by atoms with Crippen molar-refractivity contribution in [2.45, 2.75) is 13.1 Å². The fourth-order valence-corrected chi connectivity index (χ4v) is 12.8. The fraction of sp³-hybridized carbons (Fsp3) is 0.0417. The number of aromatic nitrogens is 3. The van der Waals surface area contributed by atoms with E-state index < -0.39 is 8.07 Å². The number of nitrogens with zero attached hydrogens (tertiary/aromatic N) is 3. The Morgan fingerprint density at radius 1 is 0.509 bits per heavy atom. The molecule has 0 saturated heterocycles. The van der Waals surface area contributed by atoms with Crippen molar-refractivity contribution in [2.75, 3.05) is 0 Å². The molecule has 10 aromatic rings. The van der Waals surface area contributed by atoms with Crippen molar-refractivity contribution in [2.24, 2.45) is 0 Å². The van der Waals surface area contributed by atoms with E-state index in [2.05, 4.69) is 181 Å². The van der Waals surface area contributed by atoms with Gasteiger partial charge < -0.3 is 4.57 Å². The minimum absolute atomic E-state index is 0.784. The molecule has 0 spiro atoms. The molecular weight excluding hydrogens is 679 g/mol. The summed E-state index contributed by atoms with van der Waals surface area (Å²) >= 11 is 1.86. The van der Waals surface area contributed by atoms with Gasteiger partial charge in [0.25, 0.3) is 0 Å². The molecule has 0 bridgehead atoms.